The largest absolute Gasteiger partial charge is 0.416 e. The third kappa shape index (κ3) is 3.00. The highest BCUT2D eigenvalue weighted by molar-refractivity contribution is 5.86. The quantitative estimate of drug-likeness (QED) is 0.391. The van der Waals surface area contributed by atoms with Crippen molar-refractivity contribution >= 4 is 22.3 Å². The molecule has 5 aromatic rings. The topological polar surface area (TPSA) is 43.6 Å². The summed E-state index contributed by atoms with van der Waals surface area (Å²) in [6.45, 7) is 0. The van der Waals surface area contributed by atoms with Crippen molar-refractivity contribution in [1.29, 1.82) is 0 Å². The fraction of sp³-hybridized carbons (Fsp3) is 0.0455. The van der Waals surface area contributed by atoms with E-state index in [0.29, 0.717) is 33.8 Å². The lowest BCUT2D eigenvalue weighted by atomic mass is 10.1. The molecule has 142 valence electrons. The van der Waals surface area contributed by atoms with Crippen LogP contribution in [-0.2, 0) is 6.18 Å². The number of alkyl halides is 3. The average Bonchev–Trinajstić information content (AvgIpc) is 3.10. The van der Waals surface area contributed by atoms with Crippen molar-refractivity contribution < 1.29 is 13.2 Å². The first kappa shape index (κ1) is 17.4. The fourth-order valence-corrected chi connectivity index (χ4v) is 3.30. The molecule has 2 aromatic heterocycles. The van der Waals surface area contributed by atoms with Gasteiger partial charge in [0.15, 0.2) is 11.3 Å². The van der Waals surface area contributed by atoms with Crippen molar-refractivity contribution in [2.75, 3.05) is 0 Å². The summed E-state index contributed by atoms with van der Waals surface area (Å²) in [5, 5.41) is 0. The molecule has 0 saturated heterocycles. The van der Waals surface area contributed by atoms with Crippen molar-refractivity contribution in [3.05, 3.63) is 84.4 Å². The molecule has 0 radical (unpaired) electrons. The minimum absolute atomic E-state index is 0.325. The third-order valence-electron chi connectivity index (χ3n) is 4.63. The Hall–Kier alpha value is -3.74. The van der Waals surface area contributed by atoms with Crippen LogP contribution >= 0.6 is 0 Å². The summed E-state index contributed by atoms with van der Waals surface area (Å²) in [4.78, 5) is 13.8. The Morgan fingerprint density at radius 3 is 2.10 bits per heavy atom. The van der Waals surface area contributed by atoms with Gasteiger partial charge in [-0.3, -0.25) is 4.57 Å². The van der Waals surface area contributed by atoms with Crippen molar-refractivity contribution in [1.82, 2.24) is 19.5 Å². The molecule has 0 aliphatic rings. The van der Waals surface area contributed by atoms with Gasteiger partial charge >= 0.3 is 6.18 Å². The molecule has 0 N–H and O–H groups in total. The van der Waals surface area contributed by atoms with Crippen molar-refractivity contribution in [2.24, 2.45) is 0 Å². The van der Waals surface area contributed by atoms with Gasteiger partial charge in [0.1, 0.15) is 5.82 Å². The van der Waals surface area contributed by atoms with Gasteiger partial charge in [-0.1, -0.05) is 48.5 Å². The average molecular weight is 390 g/mol. The molecule has 4 nitrogen and oxygen atoms in total. The summed E-state index contributed by atoms with van der Waals surface area (Å²) < 4.78 is 41.5. The summed E-state index contributed by atoms with van der Waals surface area (Å²) in [7, 11) is 0. The van der Waals surface area contributed by atoms with Crippen LogP contribution in [-0.4, -0.2) is 19.5 Å². The Morgan fingerprint density at radius 2 is 1.38 bits per heavy atom. The zero-order valence-electron chi connectivity index (χ0n) is 14.9. The Balaban J connectivity index is 1.86. The van der Waals surface area contributed by atoms with Gasteiger partial charge in [-0.2, -0.15) is 13.2 Å². The highest BCUT2D eigenvalue weighted by Crippen LogP contribution is 2.33. The first-order valence-electron chi connectivity index (χ1n) is 8.89. The van der Waals surface area contributed by atoms with Crippen LogP contribution in [0.4, 0.5) is 13.2 Å². The summed E-state index contributed by atoms with van der Waals surface area (Å²) in [6, 6.07) is 21.7. The van der Waals surface area contributed by atoms with Crippen LogP contribution in [0.3, 0.4) is 0 Å². The molecule has 0 spiro atoms. The molecule has 2 heterocycles. The Kier molecular flexibility index (Phi) is 3.84. The number of aromatic nitrogens is 4. The number of fused-ring (bicyclic) bond motifs is 2. The van der Waals surface area contributed by atoms with Crippen LogP contribution in [0.2, 0.25) is 0 Å². The van der Waals surface area contributed by atoms with Crippen molar-refractivity contribution in [3.63, 3.8) is 0 Å². The molecular formula is C22H13F3N4. The van der Waals surface area contributed by atoms with Crippen molar-refractivity contribution in [2.45, 2.75) is 6.18 Å². The molecule has 0 aliphatic carbocycles. The van der Waals surface area contributed by atoms with Gasteiger partial charge in [0.2, 0.25) is 0 Å². The smallest absolute Gasteiger partial charge is 0.275 e. The minimum atomic E-state index is -4.45. The zero-order chi connectivity index (χ0) is 20.0. The monoisotopic (exact) mass is 390 g/mol. The number of benzene rings is 3. The predicted octanol–water partition coefficient (Wildman–Crippen LogP) is 5.65. The van der Waals surface area contributed by atoms with E-state index in [4.69, 9.17) is 0 Å². The number of hydrogen-bond acceptors (Lipinski definition) is 3. The summed E-state index contributed by atoms with van der Waals surface area (Å²) in [6.07, 6.45) is -4.45. The predicted molar refractivity (Wildman–Crippen MR) is 105 cm³/mol. The highest BCUT2D eigenvalue weighted by atomic mass is 19.4. The van der Waals surface area contributed by atoms with Crippen LogP contribution in [0.15, 0.2) is 78.9 Å². The van der Waals surface area contributed by atoms with E-state index in [1.807, 2.05) is 54.6 Å². The van der Waals surface area contributed by atoms with E-state index in [1.54, 1.807) is 10.6 Å². The van der Waals surface area contributed by atoms with E-state index in [-0.39, 0.29) is 0 Å². The normalized spacial score (nSPS) is 12.0. The fourth-order valence-electron chi connectivity index (χ4n) is 3.30. The molecule has 29 heavy (non-hydrogen) atoms. The number of nitrogens with zero attached hydrogens (tertiary/aromatic N) is 4. The van der Waals surface area contributed by atoms with Crippen LogP contribution in [0, 0.1) is 0 Å². The van der Waals surface area contributed by atoms with E-state index in [1.165, 1.54) is 6.07 Å². The highest BCUT2D eigenvalue weighted by Gasteiger charge is 2.31. The molecule has 0 fully saturated rings. The Morgan fingerprint density at radius 1 is 0.690 bits per heavy atom. The molecule has 0 atom stereocenters. The van der Waals surface area contributed by atoms with E-state index in [9.17, 15) is 13.2 Å². The maximum absolute atomic E-state index is 13.3. The number of imidazole rings is 1. The molecular weight excluding hydrogens is 377 g/mol. The second-order valence-electron chi connectivity index (χ2n) is 6.54. The van der Waals surface area contributed by atoms with Gasteiger partial charge in [-0.15, -0.1) is 0 Å². The second kappa shape index (κ2) is 6.41. The SMILES string of the molecule is FC(F)(F)c1cccc(-n2c(-c3ccccc3)nc3nc4ccccc4nc32)c1. The first-order valence-corrected chi connectivity index (χ1v) is 8.89. The maximum atomic E-state index is 13.3. The molecule has 0 unspecified atom stereocenters. The maximum Gasteiger partial charge on any atom is 0.416 e. The van der Waals surface area contributed by atoms with Gasteiger partial charge in [-0.05, 0) is 30.3 Å². The lowest BCUT2D eigenvalue weighted by molar-refractivity contribution is -0.137. The van der Waals surface area contributed by atoms with Crippen LogP contribution in [0.1, 0.15) is 5.56 Å². The van der Waals surface area contributed by atoms with Crippen LogP contribution < -0.4 is 0 Å². The first-order chi connectivity index (χ1) is 14.0. The molecule has 0 bridgehead atoms. The molecule has 0 aliphatic heterocycles. The van der Waals surface area contributed by atoms with Gasteiger partial charge < -0.3 is 0 Å². The van der Waals surface area contributed by atoms with Crippen LogP contribution in [0.25, 0.3) is 39.4 Å². The molecule has 3 aromatic carbocycles. The van der Waals surface area contributed by atoms with Gasteiger partial charge in [0, 0.05) is 11.3 Å². The summed E-state index contributed by atoms with van der Waals surface area (Å²) >= 11 is 0. The van der Waals surface area contributed by atoms with Crippen LogP contribution in [0.5, 0.6) is 0 Å². The zero-order valence-corrected chi connectivity index (χ0v) is 14.9. The number of rotatable bonds is 2. The van der Waals surface area contributed by atoms with E-state index < -0.39 is 11.7 Å². The third-order valence-corrected chi connectivity index (χ3v) is 4.63. The number of halogens is 3. The van der Waals surface area contributed by atoms with E-state index >= 15 is 0 Å². The van der Waals surface area contributed by atoms with Gasteiger partial charge in [-0.25, -0.2) is 15.0 Å². The summed E-state index contributed by atoms with van der Waals surface area (Å²) in [5.41, 5.74) is 2.45. The minimum Gasteiger partial charge on any atom is -0.275 e. The Bertz CT molecular complexity index is 1340. The second-order valence-corrected chi connectivity index (χ2v) is 6.54. The molecule has 5 rings (SSSR count). The Labute approximate surface area is 163 Å². The molecule has 0 amide bonds. The number of para-hydroxylation sites is 2. The lowest BCUT2D eigenvalue weighted by Gasteiger charge is -2.12. The summed E-state index contributed by atoms with van der Waals surface area (Å²) in [5.74, 6) is 0.482. The van der Waals surface area contributed by atoms with Gasteiger partial charge in [0.05, 0.1) is 16.6 Å². The van der Waals surface area contributed by atoms with Crippen molar-refractivity contribution in [3.8, 4) is 17.1 Å². The molecule has 0 saturated carbocycles. The standard InChI is InChI=1S/C22H13F3N4/c23-22(24,25)15-9-6-10-16(13-15)29-20(14-7-2-1-3-8-14)28-19-21(29)27-18-12-5-4-11-17(18)26-19/h1-13H. The lowest BCUT2D eigenvalue weighted by Crippen LogP contribution is -2.07. The molecule has 7 heteroatoms. The number of hydrogen-bond donors (Lipinski definition) is 0. The van der Waals surface area contributed by atoms with E-state index in [2.05, 4.69) is 15.0 Å². The van der Waals surface area contributed by atoms with Gasteiger partial charge in [0.25, 0.3) is 0 Å². The van der Waals surface area contributed by atoms with E-state index in [0.717, 1.165) is 17.7 Å².